The van der Waals surface area contributed by atoms with Crippen LogP contribution in [0.15, 0.2) is 0 Å². The molecule has 1 atom stereocenters. The second-order valence-electron chi connectivity index (χ2n) is 4.25. The van der Waals surface area contributed by atoms with Crippen molar-refractivity contribution >= 4 is 5.78 Å². The Bertz CT molecular complexity index is 200. The summed E-state index contributed by atoms with van der Waals surface area (Å²) in [7, 11) is 3.38. The number of hydrogen-bond acceptors (Lipinski definition) is 4. The summed E-state index contributed by atoms with van der Waals surface area (Å²) >= 11 is 0. The Morgan fingerprint density at radius 2 is 1.81 bits per heavy atom. The number of ether oxygens (including phenoxy) is 2. The molecule has 0 aliphatic heterocycles. The van der Waals surface area contributed by atoms with Gasteiger partial charge in [-0.3, -0.25) is 9.69 Å². The van der Waals surface area contributed by atoms with E-state index in [0.29, 0.717) is 19.0 Å². The zero-order valence-electron chi connectivity index (χ0n) is 10.4. The summed E-state index contributed by atoms with van der Waals surface area (Å²) in [5, 5.41) is 0. The number of carbonyl (C=O) groups is 1. The van der Waals surface area contributed by atoms with Crippen molar-refractivity contribution in [1.29, 1.82) is 0 Å². The van der Waals surface area contributed by atoms with Gasteiger partial charge in [-0.1, -0.05) is 6.42 Å². The fraction of sp³-hybridized carbons (Fsp3) is 0.917. The van der Waals surface area contributed by atoms with Gasteiger partial charge in [0.05, 0.1) is 19.3 Å². The molecule has 0 heterocycles. The topological polar surface area (TPSA) is 38.8 Å². The van der Waals surface area contributed by atoms with Gasteiger partial charge >= 0.3 is 0 Å². The molecule has 0 bridgehead atoms. The molecule has 1 aliphatic rings. The molecular formula is C12H23NO3. The second-order valence-corrected chi connectivity index (χ2v) is 4.25. The molecule has 1 saturated carbocycles. The molecule has 0 spiro atoms. The van der Waals surface area contributed by atoms with E-state index in [1.165, 1.54) is 0 Å². The zero-order chi connectivity index (χ0) is 11.8. The van der Waals surface area contributed by atoms with Crippen molar-refractivity contribution in [3.63, 3.8) is 0 Å². The number of Topliss-reactive ketones (excluding diaryl/α,β-unsaturated/α-hetero) is 1. The van der Waals surface area contributed by atoms with E-state index in [4.69, 9.17) is 9.47 Å². The van der Waals surface area contributed by atoms with Crippen LogP contribution in [0.2, 0.25) is 0 Å². The third kappa shape index (κ3) is 4.20. The maximum Gasteiger partial charge on any atom is 0.149 e. The molecule has 4 heteroatoms. The second kappa shape index (κ2) is 7.76. The first-order chi connectivity index (χ1) is 7.79. The Morgan fingerprint density at radius 3 is 2.31 bits per heavy atom. The van der Waals surface area contributed by atoms with Gasteiger partial charge in [0.25, 0.3) is 0 Å². The Kier molecular flexibility index (Phi) is 6.61. The van der Waals surface area contributed by atoms with Crippen LogP contribution in [0.3, 0.4) is 0 Å². The number of carbonyl (C=O) groups excluding carboxylic acids is 1. The Balaban J connectivity index is 2.47. The molecule has 94 valence electrons. The molecule has 0 aromatic heterocycles. The van der Waals surface area contributed by atoms with Crippen LogP contribution in [0, 0.1) is 0 Å². The van der Waals surface area contributed by atoms with E-state index in [-0.39, 0.29) is 6.04 Å². The molecule has 1 unspecified atom stereocenters. The van der Waals surface area contributed by atoms with Gasteiger partial charge in [-0.15, -0.1) is 0 Å². The smallest absolute Gasteiger partial charge is 0.149 e. The number of ketones is 1. The lowest BCUT2D eigenvalue weighted by atomic mass is 9.93. The van der Waals surface area contributed by atoms with E-state index in [1.807, 2.05) is 0 Å². The van der Waals surface area contributed by atoms with Crippen molar-refractivity contribution in [2.75, 3.05) is 40.5 Å². The Morgan fingerprint density at radius 1 is 1.19 bits per heavy atom. The van der Waals surface area contributed by atoms with Crippen molar-refractivity contribution in [2.24, 2.45) is 0 Å². The predicted octanol–water partition coefficient (Wildman–Crippen LogP) is 1.09. The lowest BCUT2D eigenvalue weighted by Crippen LogP contribution is -2.45. The van der Waals surface area contributed by atoms with Gasteiger partial charge in [0.15, 0.2) is 0 Å². The van der Waals surface area contributed by atoms with Gasteiger partial charge in [0.1, 0.15) is 5.78 Å². The molecule has 0 aromatic carbocycles. The molecule has 0 amide bonds. The van der Waals surface area contributed by atoms with Crippen LogP contribution in [0.4, 0.5) is 0 Å². The van der Waals surface area contributed by atoms with Crippen molar-refractivity contribution < 1.29 is 14.3 Å². The molecule has 1 aliphatic carbocycles. The maximum absolute atomic E-state index is 11.8. The van der Waals surface area contributed by atoms with Crippen LogP contribution in [0.5, 0.6) is 0 Å². The summed E-state index contributed by atoms with van der Waals surface area (Å²) in [5.41, 5.74) is 0. The third-order valence-electron chi connectivity index (χ3n) is 3.13. The Labute approximate surface area is 97.9 Å². The first-order valence-corrected chi connectivity index (χ1v) is 6.04. The van der Waals surface area contributed by atoms with Gasteiger partial charge in [0.2, 0.25) is 0 Å². The molecule has 16 heavy (non-hydrogen) atoms. The van der Waals surface area contributed by atoms with Crippen LogP contribution in [0.25, 0.3) is 0 Å². The van der Waals surface area contributed by atoms with E-state index in [2.05, 4.69) is 4.90 Å². The van der Waals surface area contributed by atoms with Crippen LogP contribution < -0.4 is 0 Å². The molecule has 0 aromatic rings. The molecule has 4 nitrogen and oxygen atoms in total. The van der Waals surface area contributed by atoms with Gasteiger partial charge in [-0.2, -0.15) is 0 Å². The summed E-state index contributed by atoms with van der Waals surface area (Å²) in [5.74, 6) is 0.387. The van der Waals surface area contributed by atoms with Gasteiger partial charge in [0, 0.05) is 33.7 Å². The third-order valence-corrected chi connectivity index (χ3v) is 3.13. The lowest BCUT2D eigenvalue weighted by Gasteiger charge is -2.32. The summed E-state index contributed by atoms with van der Waals surface area (Å²) in [6, 6.07) is 0.0963. The van der Waals surface area contributed by atoms with Crippen LogP contribution in [-0.4, -0.2) is 57.2 Å². The number of hydrogen-bond donors (Lipinski definition) is 0. The summed E-state index contributed by atoms with van der Waals surface area (Å²) < 4.78 is 10.2. The SMILES string of the molecule is COCCN(CCOC)C1CCCCC1=O. The standard InChI is InChI=1S/C12H23NO3/c1-15-9-7-13(8-10-16-2)11-5-3-4-6-12(11)14/h11H,3-10H2,1-2H3. The monoisotopic (exact) mass is 229 g/mol. The first-order valence-electron chi connectivity index (χ1n) is 6.04. The predicted molar refractivity (Wildman–Crippen MR) is 62.6 cm³/mol. The fourth-order valence-electron chi connectivity index (χ4n) is 2.19. The van der Waals surface area contributed by atoms with E-state index in [9.17, 15) is 4.79 Å². The van der Waals surface area contributed by atoms with E-state index >= 15 is 0 Å². The summed E-state index contributed by atoms with van der Waals surface area (Å²) in [6.07, 6.45) is 3.94. The molecule has 0 N–H and O–H groups in total. The fourth-order valence-corrected chi connectivity index (χ4v) is 2.19. The number of methoxy groups -OCH3 is 2. The van der Waals surface area contributed by atoms with Crippen molar-refractivity contribution in [3.8, 4) is 0 Å². The first kappa shape index (κ1) is 13.6. The molecule has 1 rings (SSSR count). The van der Waals surface area contributed by atoms with Gasteiger partial charge < -0.3 is 9.47 Å². The van der Waals surface area contributed by atoms with Gasteiger partial charge in [-0.05, 0) is 12.8 Å². The highest BCUT2D eigenvalue weighted by Gasteiger charge is 2.27. The minimum Gasteiger partial charge on any atom is -0.383 e. The van der Waals surface area contributed by atoms with E-state index < -0.39 is 0 Å². The Hall–Kier alpha value is -0.450. The highest BCUT2D eigenvalue weighted by atomic mass is 16.5. The van der Waals surface area contributed by atoms with E-state index in [1.54, 1.807) is 14.2 Å². The molecular weight excluding hydrogens is 206 g/mol. The average Bonchev–Trinajstić information content (AvgIpc) is 2.31. The van der Waals surface area contributed by atoms with Crippen LogP contribution in [0.1, 0.15) is 25.7 Å². The number of rotatable bonds is 7. The average molecular weight is 229 g/mol. The molecule has 1 fully saturated rings. The highest BCUT2D eigenvalue weighted by molar-refractivity contribution is 5.84. The molecule has 0 radical (unpaired) electrons. The minimum atomic E-state index is 0.0963. The van der Waals surface area contributed by atoms with Crippen LogP contribution >= 0.6 is 0 Å². The van der Waals surface area contributed by atoms with Crippen molar-refractivity contribution in [1.82, 2.24) is 4.90 Å². The van der Waals surface area contributed by atoms with Crippen molar-refractivity contribution in [3.05, 3.63) is 0 Å². The maximum atomic E-state index is 11.8. The van der Waals surface area contributed by atoms with E-state index in [0.717, 1.165) is 38.8 Å². The van der Waals surface area contributed by atoms with Crippen LogP contribution in [-0.2, 0) is 14.3 Å². The largest absolute Gasteiger partial charge is 0.383 e. The number of nitrogens with zero attached hydrogens (tertiary/aromatic N) is 1. The summed E-state index contributed by atoms with van der Waals surface area (Å²) in [4.78, 5) is 14.0. The quantitative estimate of drug-likeness (QED) is 0.655. The van der Waals surface area contributed by atoms with Gasteiger partial charge in [-0.25, -0.2) is 0 Å². The highest BCUT2D eigenvalue weighted by Crippen LogP contribution is 2.19. The lowest BCUT2D eigenvalue weighted by molar-refractivity contribution is -0.126. The summed E-state index contributed by atoms with van der Waals surface area (Å²) in [6.45, 7) is 2.98. The normalized spacial score (nSPS) is 21.7. The van der Waals surface area contributed by atoms with Crippen molar-refractivity contribution in [2.45, 2.75) is 31.7 Å². The zero-order valence-corrected chi connectivity index (χ0v) is 10.4. The minimum absolute atomic E-state index is 0.0963. The molecule has 0 saturated heterocycles.